The lowest BCUT2D eigenvalue weighted by Crippen LogP contribution is -2.54. The van der Waals surface area contributed by atoms with E-state index in [1.54, 1.807) is 15.9 Å². The van der Waals surface area contributed by atoms with Crippen LogP contribution in [0.15, 0.2) is 91.1 Å². The molecule has 4 heterocycles. The quantitative estimate of drug-likeness (QED) is 0.185. The molecule has 0 bridgehead atoms. The Bertz CT molecular complexity index is 1940. The first-order valence-corrected chi connectivity index (χ1v) is 17.1. The number of amides is 3. The summed E-state index contributed by atoms with van der Waals surface area (Å²) in [6.45, 7) is 4.34. The third-order valence-electron chi connectivity index (χ3n) is 9.75. The Morgan fingerprint density at radius 3 is 2.51 bits per heavy atom. The van der Waals surface area contributed by atoms with Crippen molar-refractivity contribution in [3.8, 4) is 11.3 Å². The van der Waals surface area contributed by atoms with Crippen molar-refractivity contribution in [3.05, 3.63) is 113 Å². The van der Waals surface area contributed by atoms with Crippen molar-refractivity contribution < 1.29 is 19.1 Å². The van der Waals surface area contributed by atoms with Crippen LogP contribution in [0.1, 0.15) is 28.5 Å². The Balaban J connectivity index is 1.06. The molecule has 3 amide bonds. The van der Waals surface area contributed by atoms with Crippen LogP contribution in [0.25, 0.3) is 22.2 Å². The van der Waals surface area contributed by atoms with Gasteiger partial charge in [-0.05, 0) is 48.1 Å². The van der Waals surface area contributed by atoms with E-state index in [-0.39, 0.29) is 48.6 Å². The lowest BCUT2D eigenvalue weighted by Gasteiger charge is -2.39. The number of halogens is 1. The molecule has 2 aliphatic heterocycles. The summed E-state index contributed by atoms with van der Waals surface area (Å²) in [4.78, 5) is 48.2. The van der Waals surface area contributed by atoms with Crippen molar-refractivity contribution in [1.82, 2.24) is 30.3 Å². The van der Waals surface area contributed by atoms with E-state index in [0.717, 1.165) is 27.6 Å². The van der Waals surface area contributed by atoms with Crippen molar-refractivity contribution in [2.75, 3.05) is 32.7 Å². The van der Waals surface area contributed by atoms with Gasteiger partial charge in [0.05, 0.1) is 30.7 Å². The molecular weight excluding hydrogens is 640 g/mol. The summed E-state index contributed by atoms with van der Waals surface area (Å²) in [6.07, 6.45) is 1.82. The lowest BCUT2D eigenvalue weighted by molar-refractivity contribution is -0.138. The molecule has 0 radical (unpaired) electrons. The maximum Gasteiger partial charge on any atom is 0.271 e. The predicted octanol–water partition coefficient (Wildman–Crippen LogP) is 5.32. The number of nitrogens with zero attached hydrogens (tertiary/aromatic N) is 3. The monoisotopic (exact) mass is 678 g/mol. The molecule has 5 aromatic rings. The van der Waals surface area contributed by atoms with E-state index in [1.807, 2.05) is 92.0 Å². The van der Waals surface area contributed by atoms with E-state index in [1.165, 1.54) is 0 Å². The van der Waals surface area contributed by atoms with Crippen LogP contribution in [0.5, 0.6) is 0 Å². The molecule has 0 spiro atoms. The van der Waals surface area contributed by atoms with Crippen molar-refractivity contribution in [2.24, 2.45) is 17.8 Å². The fourth-order valence-electron chi connectivity index (χ4n) is 7.11. The largest absolute Gasteiger partial charge is 0.372 e. The fourth-order valence-corrected chi connectivity index (χ4v) is 7.28. The van der Waals surface area contributed by atoms with Gasteiger partial charge in [-0.1, -0.05) is 78.3 Å². The van der Waals surface area contributed by atoms with Gasteiger partial charge in [-0.25, -0.2) is 0 Å². The number of fused-ring (bicyclic) bond motifs is 2. The maximum atomic E-state index is 13.9. The summed E-state index contributed by atoms with van der Waals surface area (Å²) in [5.41, 5.74) is 4.81. The number of rotatable bonds is 10. The molecule has 10 nitrogen and oxygen atoms in total. The van der Waals surface area contributed by atoms with Crippen LogP contribution in [-0.4, -0.2) is 81.5 Å². The SMILES string of the molecule is CC(CNC(=O)C1CN(C(=O)Cc2c[nH]c3cc(Cl)ccc23)CC2CN(C(=O)c3cc(-c4ccccc4)n[nH]3)CC21)OCc1ccccc1. The number of hydrogen-bond acceptors (Lipinski definition) is 5. The molecule has 2 aromatic heterocycles. The summed E-state index contributed by atoms with van der Waals surface area (Å²) in [5, 5.41) is 11.9. The molecule has 3 aromatic carbocycles. The number of piperidine rings is 1. The molecule has 2 fully saturated rings. The fraction of sp³-hybridized carbons (Fsp3) is 0.316. The van der Waals surface area contributed by atoms with Gasteiger partial charge < -0.3 is 24.8 Å². The van der Waals surface area contributed by atoms with E-state index < -0.39 is 5.92 Å². The maximum absolute atomic E-state index is 13.9. The van der Waals surface area contributed by atoms with Gasteiger partial charge in [0.25, 0.3) is 5.91 Å². The molecule has 4 atom stereocenters. The standard InChI is InChI=1S/C38H39ClN6O4/c1-24(49-23-25-8-4-2-5-9-25)17-41-37(47)32-22-44(36(46)14-27-18-40-34-15-29(39)12-13-30(27)34)19-28-20-45(21-31(28)32)38(48)35-16-33(42-43-35)26-10-6-3-7-11-26/h2-13,15-16,18,24,28,31-32,40H,14,17,19-23H2,1H3,(H,41,47)(H,42,43). The number of H-pyrrole nitrogens is 2. The number of nitrogens with one attached hydrogen (secondary N) is 3. The number of likely N-dealkylation sites (tertiary alicyclic amines) is 2. The van der Waals surface area contributed by atoms with Gasteiger partial charge in [0.15, 0.2) is 0 Å². The molecule has 0 saturated carbocycles. The van der Waals surface area contributed by atoms with E-state index in [0.29, 0.717) is 49.2 Å². The van der Waals surface area contributed by atoms with Crippen LogP contribution >= 0.6 is 11.6 Å². The van der Waals surface area contributed by atoms with Crippen molar-refractivity contribution in [2.45, 2.75) is 26.1 Å². The van der Waals surface area contributed by atoms with Crippen molar-refractivity contribution in [1.29, 1.82) is 0 Å². The number of aromatic amines is 2. The smallest absolute Gasteiger partial charge is 0.271 e. The molecule has 252 valence electrons. The van der Waals surface area contributed by atoms with Crippen LogP contribution in [0.4, 0.5) is 0 Å². The summed E-state index contributed by atoms with van der Waals surface area (Å²) < 4.78 is 5.99. The zero-order chi connectivity index (χ0) is 33.9. The number of benzene rings is 3. The highest BCUT2D eigenvalue weighted by Gasteiger charge is 2.48. The number of ether oxygens (including phenoxy) is 1. The van der Waals surface area contributed by atoms with Crippen LogP contribution in [-0.2, 0) is 27.4 Å². The second-order valence-corrected chi connectivity index (χ2v) is 13.5. The minimum absolute atomic E-state index is 0.0533. The van der Waals surface area contributed by atoms with Crippen LogP contribution in [0.2, 0.25) is 5.02 Å². The second kappa shape index (κ2) is 14.3. The summed E-state index contributed by atoms with van der Waals surface area (Å²) in [6, 6.07) is 26.9. The van der Waals surface area contributed by atoms with E-state index >= 15 is 0 Å². The van der Waals surface area contributed by atoms with Gasteiger partial charge >= 0.3 is 0 Å². The highest BCUT2D eigenvalue weighted by molar-refractivity contribution is 6.31. The van der Waals surface area contributed by atoms with Gasteiger partial charge in [0.2, 0.25) is 11.8 Å². The topological polar surface area (TPSA) is 123 Å². The van der Waals surface area contributed by atoms with Gasteiger partial charge in [-0.2, -0.15) is 5.10 Å². The molecule has 49 heavy (non-hydrogen) atoms. The van der Waals surface area contributed by atoms with Crippen molar-refractivity contribution in [3.63, 3.8) is 0 Å². The minimum atomic E-state index is -0.481. The second-order valence-electron chi connectivity index (χ2n) is 13.1. The summed E-state index contributed by atoms with van der Waals surface area (Å²) in [5.74, 6) is -0.987. The van der Waals surface area contributed by atoms with E-state index in [9.17, 15) is 14.4 Å². The average molecular weight is 679 g/mol. The van der Waals surface area contributed by atoms with E-state index in [2.05, 4.69) is 20.5 Å². The third-order valence-corrected chi connectivity index (χ3v) is 9.98. The first kappa shape index (κ1) is 32.6. The average Bonchev–Trinajstić information content (AvgIpc) is 3.89. The van der Waals surface area contributed by atoms with Gasteiger partial charge in [-0.15, -0.1) is 0 Å². The Morgan fingerprint density at radius 2 is 1.71 bits per heavy atom. The van der Waals surface area contributed by atoms with Crippen LogP contribution in [0.3, 0.4) is 0 Å². The zero-order valence-electron chi connectivity index (χ0n) is 27.3. The summed E-state index contributed by atoms with van der Waals surface area (Å²) in [7, 11) is 0. The van der Waals surface area contributed by atoms with Crippen molar-refractivity contribution >= 4 is 40.2 Å². The first-order valence-electron chi connectivity index (χ1n) is 16.7. The predicted molar refractivity (Wildman–Crippen MR) is 188 cm³/mol. The molecule has 7 rings (SSSR count). The first-order chi connectivity index (χ1) is 23.8. The summed E-state index contributed by atoms with van der Waals surface area (Å²) >= 11 is 6.17. The molecule has 2 saturated heterocycles. The molecule has 11 heteroatoms. The Morgan fingerprint density at radius 1 is 0.959 bits per heavy atom. The molecular formula is C38H39ClN6O4. The molecule has 2 aliphatic rings. The number of aromatic nitrogens is 3. The van der Waals surface area contributed by atoms with Gasteiger partial charge in [-0.3, -0.25) is 19.5 Å². The lowest BCUT2D eigenvalue weighted by atomic mass is 9.79. The number of carbonyl (C=O) groups excluding carboxylic acids is 3. The Kier molecular flexibility index (Phi) is 9.50. The number of hydrogen-bond donors (Lipinski definition) is 3. The highest BCUT2D eigenvalue weighted by Crippen LogP contribution is 2.37. The Hall–Kier alpha value is -4.93. The molecule has 4 unspecified atom stereocenters. The highest BCUT2D eigenvalue weighted by atomic mass is 35.5. The van der Waals surface area contributed by atoms with Gasteiger partial charge in [0.1, 0.15) is 5.69 Å². The number of carbonyl (C=O) groups is 3. The zero-order valence-corrected chi connectivity index (χ0v) is 28.0. The normalized spacial score (nSPS) is 19.5. The minimum Gasteiger partial charge on any atom is -0.372 e. The molecule has 3 N–H and O–H groups in total. The van der Waals surface area contributed by atoms with Gasteiger partial charge in [0, 0.05) is 60.4 Å². The van der Waals surface area contributed by atoms with Crippen LogP contribution < -0.4 is 5.32 Å². The van der Waals surface area contributed by atoms with Crippen LogP contribution in [0, 0.1) is 17.8 Å². The molecule has 0 aliphatic carbocycles. The van der Waals surface area contributed by atoms with E-state index in [4.69, 9.17) is 16.3 Å². The Labute approximate surface area is 289 Å². The third kappa shape index (κ3) is 7.25.